The molecular weight excluding hydrogens is 992 g/mol. The second-order valence-electron chi connectivity index (χ2n) is 23.6. The van der Waals surface area contributed by atoms with Gasteiger partial charge in [-0.15, -0.1) is 24.8 Å². The molecule has 0 saturated heterocycles. The zero-order valence-electron chi connectivity index (χ0n) is 41.7. The van der Waals surface area contributed by atoms with Gasteiger partial charge >= 0.3 is 408 Å². The molecule has 2 atom stereocenters. The number of benzene rings is 4. The van der Waals surface area contributed by atoms with Gasteiger partial charge in [-0.05, 0) is 0 Å². The van der Waals surface area contributed by atoms with E-state index in [4.69, 9.17) is 0 Å². The van der Waals surface area contributed by atoms with E-state index >= 15 is 13.2 Å². The molecule has 2 unspecified atom stereocenters. The molecule has 0 aromatic heterocycles. The Morgan fingerprint density at radius 1 is 0.478 bits per heavy atom. The van der Waals surface area contributed by atoms with Crippen LogP contribution in [0.3, 0.4) is 0 Å². The molecule has 10 rings (SSSR count). The molecule has 69 heavy (non-hydrogen) atoms. The van der Waals surface area contributed by atoms with Gasteiger partial charge < -0.3 is 0 Å². The van der Waals surface area contributed by atoms with Crippen LogP contribution in [0.25, 0.3) is 34.4 Å². The van der Waals surface area contributed by atoms with Gasteiger partial charge in [-0.2, -0.15) is 0 Å². The Hall–Kier alpha value is -2.17. The zero-order valence-corrected chi connectivity index (χ0v) is 47.2. The summed E-state index contributed by atoms with van der Waals surface area (Å²) in [6.45, 7) is 2.20. The van der Waals surface area contributed by atoms with Crippen LogP contribution in [0, 0.1) is 11.8 Å². The van der Waals surface area contributed by atoms with Gasteiger partial charge in [0.2, 0.25) is 0 Å². The van der Waals surface area contributed by atoms with Crippen LogP contribution in [0.1, 0.15) is 213 Å². The number of rotatable bonds is 12. The molecule has 6 aliphatic carbocycles. The molecule has 4 fully saturated rings. The van der Waals surface area contributed by atoms with Crippen LogP contribution in [0.15, 0.2) is 96.1 Å². The molecule has 4 aromatic rings. The average molecular weight is 1070 g/mol. The first kappa shape index (κ1) is 53.1. The predicted molar refractivity (Wildman–Crippen MR) is 293 cm³/mol. The van der Waals surface area contributed by atoms with Crippen molar-refractivity contribution in [3.8, 4) is 22.3 Å². The summed E-state index contributed by atoms with van der Waals surface area (Å²) in [6.07, 6.45) is 30.7. The van der Waals surface area contributed by atoms with Crippen LogP contribution < -0.4 is 0 Å². The van der Waals surface area contributed by atoms with Crippen molar-refractivity contribution in [2.75, 3.05) is 0 Å². The van der Waals surface area contributed by atoms with E-state index in [1.807, 2.05) is 0 Å². The summed E-state index contributed by atoms with van der Waals surface area (Å²) in [4.78, 5) is 0. The van der Waals surface area contributed by atoms with E-state index in [9.17, 15) is 0 Å². The second-order valence-corrected chi connectivity index (χ2v) is 52.0. The van der Waals surface area contributed by atoms with Crippen molar-refractivity contribution < 1.29 is 30.6 Å². The quantitative estimate of drug-likeness (QED) is 0.0980. The van der Waals surface area contributed by atoms with Gasteiger partial charge in [0.25, 0.3) is 0 Å². The number of halogens is 5. The molecule has 0 aliphatic heterocycles. The Labute approximate surface area is 429 Å². The maximum absolute atomic E-state index is 15.3. The van der Waals surface area contributed by atoms with Crippen molar-refractivity contribution in [3.63, 3.8) is 0 Å². The Balaban J connectivity index is 0.00000321. The van der Waals surface area contributed by atoms with Gasteiger partial charge in [0.15, 0.2) is 0 Å². The number of hydrogen-bond acceptors (Lipinski definition) is 0. The van der Waals surface area contributed by atoms with Crippen molar-refractivity contribution >= 4 is 43.8 Å². The van der Waals surface area contributed by atoms with Crippen molar-refractivity contribution in [1.29, 1.82) is 0 Å². The molecule has 4 aromatic carbocycles. The molecule has 0 bridgehead atoms. The fourth-order valence-electron chi connectivity index (χ4n) is 15.3. The van der Waals surface area contributed by atoms with Crippen LogP contribution in [0.2, 0.25) is 8.76 Å². The summed E-state index contributed by atoms with van der Waals surface area (Å²) in [5.41, 5.74) is 16.2. The molecular formula is C62H81Cl2F3SiZr. The predicted octanol–water partition coefficient (Wildman–Crippen LogP) is 19.9. The summed E-state index contributed by atoms with van der Waals surface area (Å²) in [5, 5.41) is 0. The molecule has 0 amide bonds. The molecule has 0 N–H and O–H groups in total. The fraction of sp³-hybridized carbons (Fsp3) is 0.548. The standard InChI is InChI=1S/2C29H35.C3H4F3.CH3.2ClH.H2Si.Zr/c2*1-2-5-10-22(9-4-1)19-23-20-27-13-8-14-28(29(27)21-23)26-17-15-25(16-18-26)24-11-6-3-7-12-24;1-2-3(4,5)6;;;;;/h2*8,13-18,20-22,24H,1-7,9-12,19H2;1-2H2;1H3;2*1H;1H2;. The van der Waals surface area contributed by atoms with Gasteiger partial charge in [-0.1, -0.05) is 0 Å². The molecule has 372 valence electrons. The second kappa shape index (κ2) is 22.9. The van der Waals surface area contributed by atoms with Gasteiger partial charge in [-0.25, -0.2) is 0 Å². The van der Waals surface area contributed by atoms with Gasteiger partial charge in [0.05, 0.1) is 0 Å². The third-order valence-corrected chi connectivity index (χ3v) is 41.6. The SMILES string of the molecule is Cl.Cl.[CH3][Zr](=[SiH2])([CH2]CC(F)(F)F)([CH]1C(CC2CCCCCC2)=Cc2c(-c3ccc(C4CCCCC4)cc3)cccc21)[CH]1C(CC2CCCCCC2)=Cc2c(-c3ccc(C4CCCCC4)cc3)cccc21. The Morgan fingerprint density at radius 2 is 0.826 bits per heavy atom. The van der Waals surface area contributed by atoms with Gasteiger partial charge in [0.1, 0.15) is 0 Å². The van der Waals surface area contributed by atoms with E-state index in [0.29, 0.717) is 27.8 Å². The monoisotopic (exact) mass is 1070 g/mol. The van der Waals surface area contributed by atoms with Crippen LogP contribution in [-0.2, 0) is 17.4 Å². The Bertz CT molecular complexity index is 2320. The average Bonchev–Trinajstić information content (AvgIpc) is 3.66. The van der Waals surface area contributed by atoms with E-state index < -0.39 is 30.0 Å². The Kier molecular flexibility index (Phi) is 17.7. The van der Waals surface area contributed by atoms with E-state index in [0.717, 1.165) is 12.8 Å². The summed E-state index contributed by atoms with van der Waals surface area (Å²) in [5.74, 6) is 2.49. The normalized spacial score (nSPS) is 22.3. The molecule has 0 radical (unpaired) electrons. The molecule has 0 spiro atoms. The van der Waals surface area contributed by atoms with Crippen molar-refractivity contribution in [2.24, 2.45) is 11.8 Å². The van der Waals surface area contributed by atoms with E-state index in [1.54, 1.807) is 0 Å². The first-order valence-corrected chi connectivity index (χ1v) is 40.5. The minimum absolute atomic E-state index is 0. The maximum atomic E-state index is 15.3. The van der Waals surface area contributed by atoms with Gasteiger partial charge in [-0.3, -0.25) is 0 Å². The summed E-state index contributed by atoms with van der Waals surface area (Å²) in [7, 11) is 0. The molecule has 0 heterocycles. The topological polar surface area (TPSA) is 0 Å². The van der Waals surface area contributed by atoms with Crippen LogP contribution in [-0.4, -0.2) is 13.1 Å². The summed E-state index contributed by atoms with van der Waals surface area (Å²) in [6, 6.07) is 33.0. The number of allylic oxidation sites excluding steroid dienone is 2. The van der Waals surface area contributed by atoms with Crippen LogP contribution in [0.4, 0.5) is 13.2 Å². The fourth-order valence-corrected chi connectivity index (χ4v) is 39.0. The minimum atomic E-state index is -4.88. The molecule has 6 aliphatic rings. The van der Waals surface area contributed by atoms with E-state index in [-0.39, 0.29) is 32.1 Å². The van der Waals surface area contributed by atoms with E-state index in [2.05, 4.69) is 109 Å². The van der Waals surface area contributed by atoms with Gasteiger partial charge in [0, 0.05) is 0 Å². The number of alkyl halides is 3. The molecule has 4 saturated carbocycles. The Morgan fingerprint density at radius 3 is 1.19 bits per heavy atom. The van der Waals surface area contributed by atoms with E-state index in [1.165, 1.54) is 208 Å². The molecule has 0 nitrogen and oxygen atoms in total. The van der Waals surface area contributed by atoms with Crippen molar-refractivity contribution in [2.45, 2.75) is 195 Å². The third kappa shape index (κ3) is 11.6. The number of fused-ring (bicyclic) bond motifs is 2. The number of hydrogen-bond donors (Lipinski definition) is 0. The third-order valence-electron chi connectivity index (χ3n) is 18.7. The summed E-state index contributed by atoms with van der Waals surface area (Å²) >= 11 is -4.88. The molecule has 7 heteroatoms. The van der Waals surface area contributed by atoms with Crippen molar-refractivity contribution in [3.05, 3.63) is 129 Å². The van der Waals surface area contributed by atoms with Crippen molar-refractivity contribution in [1.82, 2.24) is 0 Å². The first-order chi connectivity index (χ1) is 32.5. The van der Waals surface area contributed by atoms with Crippen LogP contribution >= 0.6 is 24.8 Å². The summed E-state index contributed by atoms with van der Waals surface area (Å²) < 4.78 is 48.8. The zero-order chi connectivity index (χ0) is 46.0. The van der Waals surface area contributed by atoms with Crippen LogP contribution in [0.5, 0.6) is 0 Å². The first-order valence-electron chi connectivity index (χ1n) is 27.5.